The lowest BCUT2D eigenvalue weighted by Gasteiger charge is -2.34. The van der Waals surface area contributed by atoms with E-state index in [0.717, 1.165) is 37.3 Å². The third kappa shape index (κ3) is 3.83. The molecule has 3 aromatic rings. The standard InChI is InChI=1S/C21H26N4O2S/c1-14-6-7-16(11-15(14)2)13-25-10-4-3-5-20(25)21-23-18-9-8-17(28(22,26)27)12-19(18)24-21/h6-9,11-12,20H,3-5,10,13H2,1-2H3,(H,23,24)(H2,22,26,27). The number of aryl methyl sites for hydroxylation is 2. The number of imidazole rings is 1. The summed E-state index contributed by atoms with van der Waals surface area (Å²) in [7, 11) is -3.73. The Kier molecular flexibility index (Phi) is 4.99. The zero-order valence-electron chi connectivity index (χ0n) is 16.3. The van der Waals surface area contributed by atoms with Crippen LogP contribution in [0.25, 0.3) is 11.0 Å². The van der Waals surface area contributed by atoms with Crippen molar-refractivity contribution in [1.29, 1.82) is 0 Å². The van der Waals surface area contributed by atoms with Gasteiger partial charge in [0.1, 0.15) is 5.82 Å². The second-order valence-electron chi connectivity index (χ2n) is 7.75. The van der Waals surface area contributed by atoms with Crippen LogP contribution in [0.15, 0.2) is 41.3 Å². The normalized spacial score (nSPS) is 18.6. The zero-order valence-corrected chi connectivity index (χ0v) is 17.1. The lowest BCUT2D eigenvalue weighted by Crippen LogP contribution is -2.33. The molecule has 28 heavy (non-hydrogen) atoms. The number of hydrogen-bond acceptors (Lipinski definition) is 4. The minimum Gasteiger partial charge on any atom is -0.341 e. The van der Waals surface area contributed by atoms with Crippen molar-refractivity contribution in [3.05, 3.63) is 58.9 Å². The summed E-state index contributed by atoms with van der Waals surface area (Å²) in [5.74, 6) is 0.894. The fraction of sp³-hybridized carbons (Fsp3) is 0.381. The van der Waals surface area contributed by atoms with Crippen molar-refractivity contribution >= 4 is 21.1 Å². The van der Waals surface area contributed by atoms with Gasteiger partial charge in [0.05, 0.1) is 22.0 Å². The number of aromatic nitrogens is 2. The number of nitrogens with two attached hydrogens (primary N) is 1. The molecule has 0 radical (unpaired) electrons. The number of benzene rings is 2. The maximum atomic E-state index is 11.6. The monoisotopic (exact) mass is 398 g/mol. The van der Waals surface area contributed by atoms with Crippen LogP contribution in [0.1, 0.15) is 47.8 Å². The zero-order chi connectivity index (χ0) is 19.9. The summed E-state index contributed by atoms with van der Waals surface area (Å²) in [5, 5.41) is 5.26. The van der Waals surface area contributed by atoms with E-state index in [-0.39, 0.29) is 10.9 Å². The number of primary sulfonamides is 1. The van der Waals surface area contributed by atoms with Crippen LogP contribution in [-0.2, 0) is 16.6 Å². The van der Waals surface area contributed by atoms with Crippen LogP contribution in [0.4, 0.5) is 0 Å². The lowest BCUT2D eigenvalue weighted by molar-refractivity contribution is 0.134. The predicted octanol–water partition coefficient (Wildman–Crippen LogP) is 3.55. The van der Waals surface area contributed by atoms with Gasteiger partial charge in [0.25, 0.3) is 0 Å². The van der Waals surface area contributed by atoms with Gasteiger partial charge in [-0.2, -0.15) is 0 Å². The quantitative estimate of drug-likeness (QED) is 0.703. The highest BCUT2D eigenvalue weighted by Crippen LogP contribution is 2.32. The van der Waals surface area contributed by atoms with Crippen LogP contribution >= 0.6 is 0 Å². The molecule has 1 aliphatic heterocycles. The maximum Gasteiger partial charge on any atom is 0.238 e. The van der Waals surface area contributed by atoms with Gasteiger partial charge >= 0.3 is 0 Å². The Morgan fingerprint density at radius 3 is 2.71 bits per heavy atom. The summed E-state index contributed by atoms with van der Waals surface area (Å²) >= 11 is 0. The average Bonchev–Trinajstić information content (AvgIpc) is 3.07. The first kappa shape index (κ1) is 19.1. The van der Waals surface area contributed by atoms with Gasteiger partial charge < -0.3 is 4.98 Å². The molecule has 0 aliphatic carbocycles. The Balaban J connectivity index is 1.64. The van der Waals surface area contributed by atoms with E-state index in [4.69, 9.17) is 10.1 Å². The number of rotatable bonds is 4. The molecule has 6 nitrogen and oxygen atoms in total. The van der Waals surface area contributed by atoms with Crippen LogP contribution in [-0.4, -0.2) is 29.8 Å². The fourth-order valence-corrected chi connectivity index (χ4v) is 4.51. The van der Waals surface area contributed by atoms with Crippen LogP contribution in [0, 0.1) is 13.8 Å². The van der Waals surface area contributed by atoms with Crippen molar-refractivity contribution < 1.29 is 8.42 Å². The van der Waals surface area contributed by atoms with Crippen molar-refractivity contribution in [2.75, 3.05) is 6.54 Å². The highest BCUT2D eigenvalue weighted by Gasteiger charge is 2.27. The van der Waals surface area contributed by atoms with Gasteiger partial charge in [0.2, 0.25) is 10.0 Å². The molecule has 0 saturated carbocycles. The number of H-pyrrole nitrogens is 1. The summed E-state index contributed by atoms with van der Waals surface area (Å²) in [6.07, 6.45) is 3.37. The first-order chi connectivity index (χ1) is 13.3. The van der Waals surface area contributed by atoms with Crippen molar-refractivity contribution in [2.24, 2.45) is 5.14 Å². The first-order valence-electron chi connectivity index (χ1n) is 9.64. The van der Waals surface area contributed by atoms with Gasteiger partial charge in [-0.1, -0.05) is 24.6 Å². The van der Waals surface area contributed by atoms with E-state index in [2.05, 4.69) is 41.9 Å². The molecular formula is C21H26N4O2S. The molecule has 0 bridgehead atoms. The molecule has 0 spiro atoms. The molecule has 1 fully saturated rings. The number of likely N-dealkylation sites (tertiary alicyclic amines) is 1. The van der Waals surface area contributed by atoms with E-state index in [1.807, 2.05) is 0 Å². The second-order valence-corrected chi connectivity index (χ2v) is 9.31. The molecule has 4 rings (SSSR count). The number of fused-ring (bicyclic) bond motifs is 1. The van der Waals surface area contributed by atoms with Crippen molar-refractivity contribution in [3.63, 3.8) is 0 Å². The smallest absolute Gasteiger partial charge is 0.238 e. The highest BCUT2D eigenvalue weighted by atomic mass is 32.2. The van der Waals surface area contributed by atoms with E-state index in [0.29, 0.717) is 5.52 Å². The minimum atomic E-state index is -3.73. The molecule has 7 heteroatoms. The Morgan fingerprint density at radius 1 is 1.14 bits per heavy atom. The van der Waals surface area contributed by atoms with E-state index in [9.17, 15) is 8.42 Å². The van der Waals surface area contributed by atoms with Crippen LogP contribution < -0.4 is 5.14 Å². The number of hydrogen-bond donors (Lipinski definition) is 2. The van der Waals surface area contributed by atoms with Crippen molar-refractivity contribution in [3.8, 4) is 0 Å². The fourth-order valence-electron chi connectivity index (χ4n) is 3.97. The molecule has 2 aromatic carbocycles. The first-order valence-corrected chi connectivity index (χ1v) is 11.2. The van der Waals surface area contributed by atoms with Crippen molar-refractivity contribution in [1.82, 2.24) is 14.9 Å². The van der Waals surface area contributed by atoms with Gasteiger partial charge in [0.15, 0.2) is 0 Å². The van der Waals surface area contributed by atoms with Gasteiger partial charge in [-0.15, -0.1) is 0 Å². The molecule has 148 valence electrons. The largest absolute Gasteiger partial charge is 0.341 e. The minimum absolute atomic E-state index is 0.103. The third-order valence-electron chi connectivity index (χ3n) is 5.69. The molecular weight excluding hydrogens is 372 g/mol. The van der Waals surface area contributed by atoms with Crippen LogP contribution in [0.5, 0.6) is 0 Å². The Hall–Kier alpha value is -2.22. The van der Waals surface area contributed by atoms with E-state index >= 15 is 0 Å². The Labute approximate surface area is 165 Å². The second kappa shape index (κ2) is 7.31. The van der Waals surface area contributed by atoms with Crippen molar-refractivity contribution in [2.45, 2.75) is 50.6 Å². The molecule has 1 aromatic heterocycles. The summed E-state index contributed by atoms with van der Waals surface area (Å²) in [4.78, 5) is 10.7. The van der Waals surface area contributed by atoms with Crippen LogP contribution in [0.3, 0.4) is 0 Å². The molecule has 1 aliphatic rings. The maximum absolute atomic E-state index is 11.6. The third-order valence-corrected chi connectivity index (χ3v) is 6.60. The number of aromatic amines is 1. The molecule has 3 N–H and O–H groups in total. The van der Waals surface area contributed by atoms with E-state index in [1.165, 1.54) is 29.2 Å². The summed E-state index contributed by atoms with van der Waals surface area (Å²) in [6, 6.07) is 11.6. The molecule has 2 heterocycles. The molecule has 1 atom stereocenters. The molecule has 1 unspecified atom stereocenters. The Morgan fingerprint density at radius 2 is 1.96 bits per heavy atom. The SMILES string of the molecule is Cc1ccc(CN2CCCCC2c2nc3ccc(S(N)(=O)=O)cc3[nH]2)cc1C. The highest BCUT2D eigenvalue weighted by molar-refractivity contribution is 7.89. The number of piperidine rings is 1. The lowest BCUT2D eigenvalue weighted by atomic mass is 9.99. The average molecular weight is 399 g/mol. The van der Waals surface area contributed by atoms with Crippen LogP contribution in [0.2, 0.25) is 0 Å². The number of nitrogens with zero attached hydrogens (tertiary/aromatic N) is 2. The number of sulfonamides is 1. The van der Waals surface area contributed by atoms with Gasteiger partial charge in [-0.05, 0) is 68.1 Å². The summed E-state index contributed by atoms with van der Waals surface area (Å²) < 4.78 is 23.3. The molecule has 1 saturated heterocycles. The van der Waals surface area contributed by atoms with Gasteiger partial charge in [-0.25, -0.2) is 18.5 Å². The Bertz CT molecular complexity index is 1120. The number of nitrogens with one attached hydrogen (secondary N) is 1. The van der Waals surface area contributed by atoms with E-state index < -0.39 is 10.0 Å². The van der Waals surface area contributed by atoms with Gasteiger partial charge in [-0.3, -0.25) is 4.90 Å². The topological polar surface area (TPSA) is 92.1 Å². The molecule has 0 amide bonds. The summed E-state index contributed by atoms with van der Waals surface area (Å²) in [6.45, 7) is 6.18. The predicted molar refractivity (Wildman–Crippen MR) is 110 cm³/mol. The summed E-state index contributed by atoms with van der Waals surface area (Å²) in [5.41, 5.74) is 5.40. The van der Waals surface area contributed by atoms with Gasteiger partial charge in [0, 0.05) is 6.54 Å². The van der Waals surface area contributed by atoms with E-state index in [1.54, 1.807) is 12.1 Å².